The largest absolute Gasteiger partial charge is 0.396 e. The van der Waals surface area contributed by atoms with Crippen molar-refractivity contribution in [3.05, 3.63) is 35.9 Å². The summed E-state index contributed by atoms with van der Waals surface area (Å²) in [5.74, 6) is 0.182. The molecule has 3 heteroatoms. The lowest BCUT2D eigenvalue weighted by molar-refractivity contribution is 0.0506. The van der Waals surface area contributed by atoms with Crippen molar-refractivity contribution in [1.29, 1.82) is 0 Å². The normalized spacial score (nSPS) is 18.4. The Labute approximate surface area is 103 Å². The molecule has 3 atom stereocenters. The first-order valence-electron chi connectivity index (χ1n) is 6.09. The van der Waals surface area contributed by atoms with Gasteiger partial charge in [-0.3, -0.25) is 0 Å². The fraction of sp³-hybridized carbons (Fsp3) is 0.571. The number of aliphatic hydroxyl groups excluding tert-OH is 1. The molecule has 0 saturated carbocycles. The Morgan fingerprint density at radius 1 is 1.24 bits per heavy atom. The predicted octanol–water partition coefficient (Wildman–Crippen LogP) is 1.50. The third-order valence-corrected chi connectivity index (χ3v) is 3.31. The Kier molecular flexibility index (Phi) is 5.12. The fourth-order valence-corrected chi connectivity index (χ4v) is 1.62. The fourth-order valence-electron chi connectivity index (χ4n) is 1.62. The maximum atomic E-state index is 10.4. The molecular weight excluding hydrogens is 214 g/mol. The summed E-state index contributed by atoms with van der Waals surface area (Å²) in [6.07, 6.45) is 0. The van der Waals surface area contributed by atoms with Gasteiger partial charge in [0.05, 0.1) is 5.60 Å². The number of rotatable bonds is 6. The lowest BCUT2D eigenvalue weighted by atomic mass is 9.95. The first-order valence-corrected chi connectivity index (χ1v) is 6.09. The molecule has 0 amide bonds. The van der Waals surface area contributed by atoms with Crippen LogP contribution in [0.5, 0.6) is 0 Å². The summed E-state index contributed by atoms with van der Waals surface area (Å²) in [7, 11) is 0. The van der Waals surface area contributed by atoms with Gasteiger partial charge in [-0.1, -0.05) is 37.3 Å². The Morgan fingerprint density at radius 3 is 2.35 bits per heavy atom. The average Bonchev–Trinajstić information content (AvgIpc) is 2.36. The molecule has 1 aromatic carbocycles. The SMILES string of the molecule is CC(CO)C(C)NCC(C)(O)c1ccccc1. The van der Waals surface area contributed by atoms with Crippen LogP contribution in [0.4, 0.5) is 0 Å². The molecule has 96 valence electrons. The van der Waals surface area contributed by atoms with Gasteiger partial charge < -0.3 is 15.5 Å². The Hall–Kier alpha value is -0.900. The van der Waals surface area contributed by atoms with E-state index in [0.29, 0.717) is 6.54 Å². The highest BCUT2D eigenvalue weighted by atomic mass is 16.3. The third kappa shape index (κ3) is 4.11. The number of hydrogen-bond acceptors (Lipinski definition) is 3. The van der Waals surface area contributed by atoms with Crippen LogP contribution >= 0.6 is 0 Å². The topological polar surface area (TPSA) is 52.5 Å². The first-order chi connectivity index (χ1) is 7.97. The summed E-state index contributed by atoms with van der Waals surface area (Å²) in [4.78, 5) is 0. The van der Waals surface area contributed by atoms with Gasteiger partial charge in [0.2, 0.25) is 0 Å². The summed E-state index contributed by atoms with van der Waals surface area (Å²) in [5.41, 5.74) is 0.0152. The second kappa shape index (κ2) is 6.15. The highest BCUT2D eigenvalue weighted by Crippen LogP contribution is 2.19. The molecule has 3 N–H and O–H groups in total. The minimum Gasteiger partial charge on any atom is -0.396 e. The van der Waals surface area contributed by atoms with Crippen LogP contribution in [0.25, 0.3) is 0 Å². The van der Waals surface area contributed by atoms with Gasteiger partial charge in [-0.15, -0.1) is 0 Å². The zero-order chi connectivity index (χ0) is 12.9. The lowest BCUT2D eigenvalue weighted by Crippen LogP contribution is -2.42. The third-order valence-electron chi connectivity index (χ3n) is 3.31. The van der Waals surface area contributed by atoms with Crippen LogP contribution in [0, 0.1) is 5.92 Å². The van der Waals surface area contributed by atoms with Crippen LogP contribution in [0.3, 0.4) is 0 Å². The minimum absolute atomic E-state index is 0.154. The molecule has 0 heterocycles. The molecule has 3 unspecified atom stereocenters. The van der Waals surface area contributed by atoms with E-state index < -0.39 is 5.60 Å². The minimum atomic E-state index is -0.884. The number of benzene rings is 1. The van der Waals surface area contributed by atoms with Gasteiger partial charge in [0.1, 0.15) is 0 Å². The van der Waals surface area contributed by atoms with Crippen LogP contribution in [0.1, 0.15) is 26.3 Å². The van der Waals surface area contributed by atoms with Crippen molar-refractivity contribution in [1.82, 2.24) is 5.32 Å². The maximum Gasteiger partial charge on any atom is 0.0992 e. The van der Waals surface area contributed by atoms with Crippen LogP contribution in [-0.4, -0.2) is 29.4 Å². The quantitative estimate of drug-likeness (QED) is 0.703. The highest BCUT2D eigenvalue weighted by Gasteiger charge is 2.24. The number of hydrogen-bond donors (Lipinski definition) is 3. The van der Waals surface area contributed by atoms with Crippen molar-refractivity contribution >= 4 is 0 Å². The maximum absolute atomic E-state index is 10.4. The highest BCUT2D eigenvalue weighted by molar-refractivity contribution is 5.21. The average molecular weight is 237 g/mol. The molecule has 0 bridgehead atoms. The first kappa shape index (κ1) is 14.2. The smallest absolute Gasteiger partial charge is 0.0992 e. The van der Waals surface area contributed by atoms with E-state index in [2.05, 4.69) is 5.32 Å². The monoisotopic (exact) mass is 237 g/mol. The number of aliphatic hydroxyl groups is 2. The Morgan fingerprint density at radius 2 is 1.82 bits per heavy atom. The molecule has 1 rings (SSSR count). The standard InChI is InChI=1S/C14H23NO2/c1-11(9-16)12(2)15-10-14(3,17)13-7-5-4-6-8-13/h4-8,11-12,15-17H,9-10H2,1-3H3. The van der Waals surface area contributed by atoms with Crippen LogP contribution in [-0.2, 0) is 5.60 Å². The summed E-state index contributed by atoms with van der Waals surface area (Å²) in [5, 5.41) is 22.7. The van der Waals surface area contributed by atoms with Gasteiger partial charge in [0.15, 0.2) is 0 Å². The zero-order valence-corrected chi connectivity index (χ0v) is 10.9. The second-order valence-electron chi connectivity index (χ2n) is 4.97. The molecule has 0 spiro atoms. The van der Waals surface area contributed by atoms with Crippen molar-refractivity contribution in [3.8, 4) is 0 Å². The van der Waals surface area contributed by atoms with E-state index >= 15 is 0 Å². The molecule has 0 aliphatic rings. The summed E-state index contributed by atoms with van der Waals surface area (Å²) >= 11 is 0. The van der Waals surface area contributed by atoms with Gasteiger partial charge in [-0.2, -0.15) is 0 Å². The molecule has 0 aromatic heterocycles. The molecule has 1 aromatic rings. The van der Waals surface area contributed by atoms with E-state index in [1.807, 2.05) is 44.2 Å². The van der Waals surface area contributed by atoms with Crippen molar-refractivity contribution in [2.24, 2.45) is 5.92 Å². The summed E-state index contributed by atoms with van der Waals surface area (Å²) < 4.78 is 0. The van der Waals surface area contributed by atoms with E-state index in [1.54, 1.807) is 6.92 Å². The van der Waals surface area contributed by atoms with Crippen LogP contribution < -0.4 is 5.32 Å². The van der Waals surface area contributed by atoms with E-state index in [0.717, 1.165) is 5.56 Å². The van der Waals surface area contributed by atoms with Crippen molar-refractivity contribution < 1.29 is 10.2 Å². The predicted molar refractivity (Wildman–Crippen MR) is 69.7 cm³/mol. The van der Waals surface area contributed by atoms with E-state index in [4.69, 9.17) is 5.11 Å². The van der Waals surface area contributed by atoms with Gasteiger partial charge >= 0.3 is 0 Å². The van der Waals surface area contributed by atoms with Crippen molar-refractivity contribution in [2.75, 3.05) is 13.2 Å². The molecule has 0 fully saturated rings. The molecule has 0 saturated heterocycles. The Balaban J connectivity index is 2.56. The van der Waals surface area contributed by atoms with Crippen molar-refractivity contribution in [3.63, 3.8) is 0 Å². The summed E-state index contributed by atoms with van der Waals surface area (Å²) in [6, 6.07) is 9.79. The molecule has 3 nitrogen and oxygen atoms in total. The molecule has 0 radical (unpaired) electrons. The van der Waals surface area contributed by atoms with Gasteiger partial charge in [-0.05, 0) is 25.3 Å². The van der Waals surface area contributed by atoms with Gasteiger partial charge in [0.25, 0.3) is 0 Å². The Bertz CT molecular complexity index is 324. The van der Waals surface area contributed by atoms with Gasteiger partial charge in [-0.25, -0.2) is 0 Å². The van der Waals surface area contributed by atoms with Crippen LogP contribution in [0.2, 0.25) is 0 Å². The molecule has 0 aliphatic heterocycles. The van der Waals surface area contributed by atoms with Gasteiger partial charge in [0, 0.05) is 19.2 Å². The molecule has 0 aliphatic carbocycles. The summed E-state index contributed by atoms with van der Waals surface area (Å²) in [6.45, 7) is 6.42. The zero-order valence-electron chi connectivity index (χ0n) is 10.9. The number of nitrogens with one attached hydrogen (secondary N) is 1. The van der Waals surface area contributed by atoms with Crippen LogP contribution in [0.15, 0.2) is 30.3 Å². The van der Waals surface area contributed by atoms with E-state index in [1.165, 1.54) is 0 Å². The van der Waals surface area contributed by atoms with Crippen molar-refractivity contribution in [2.45, 2.75) is 32.4 Å². The lowest BCUT2D eigenvalue weighted by Gasteiger charge is -2.28. The van der Waals surface area contributed by atoms with E-state index in [9.17, 15) is 5.11 Å². The molecular formula is C14H23NO2. The van der Waals surface area contributed by atoms with E-state index in [-0.39, 0.29) is 18.6 Å². The second-order valence-corrected chi connectivity index (χ2v) is 4.97. The molecule has 17 heavy (non-hydrogen) atoms.